The Hall–Kier alpha value is -1.14. The van der Waals surface area contributed by atoms with Gasteiger partial charge in [-0.2, -0.15) is 0 Å². The van der Waals surface area contributed by atoms with Gasteiger partial charge in [0, 0.05) is 32.7 Å². The Labute approximate surface area is 139 Å². The molecule has 0 aromatic rings. The Kier molecular flexibility index (Phi) is 7.30. The molecule has 0 spiro atoms. The number of hydrogen-bond donors (Lipinski definition) is 1. The lowest BCUT2D eigenvalue weighted by molar-refractivity contribution is -0.142. The summed E-state index contributed by atoms with van der Waals surface area (Å²) in [5, 5.41) is 2.81. The number of amides is 2. The first-order valence-corrected chi connectivity index (χ1v) is 8.98. The van der Waals surface area contributed by atoms with E-state index < -0.39 is 0 Å². The largest absolute Gasteiger partial charge is 0.368 e. The smallest absolute Gasteiger partial charge is 0.248 e. The normalized spacial score (nSPS) is 26.1. The maximum absolute atomic E-state index is 12.3. The molecule has 2 amide bonds. The minimum Gasteiger partial charge on any atom is -0.368 e. The van der Waals surface area contributed by atoms with Gasteiger partial charge in [0.2, 0.25) is 11.8 Å². The van der Waals surface area contributed by atoms with E-state index >= 15 is 0 Å². The summed E-state index contributed by atoms with van der Waals surface area (Å²) in [5.41, 5.74) is 0. The topological polar surface area (TPSA) is 61.9 Å². The van der Waals surface area contributed by atoms with Gasteiger partial charge >= 0.3 is 0 Å². The Balaban J connectivity index is 1.66. The first-order valence-electron chi connectivity index (χ1n) is 8.98. The van der Waals surface area contributed by atoms with E-state index in [0.29, 0.717) is 32.1 Å². The zero-order chi connectivity index (χ0) is 16.7. The van der Waals surface area contributed by atoms with Crippen LogP contribution in [0.5, 0.6) is 0 Å². The van der Waals surface area contributed by atoms with E-state index in [1.807, 2.05) is 11.8 Å². The SMILES string of the molecule is CCNC(=O)CN1CCN(C(=O)CO[C@@H]2CCCC[C@H]2C)CC1. The number of carbonyl (C=O) groups is 2. The van der Waals surface area contributed by atoms with E-state index in [1.165, 1.54) is 19.3 Å². The summed E-state index contributed by atoms with van der Waals surface area (Å²) in [6, 6.07) is 0. The Morgan fingerprint density at radius 2 is 1.83 bits per heavy atom. The van der Waals surface area contributed by atoms with Crippen molar-refractivity contribution in [1.29, 1.82) is 0 Å². The lowest BCUT2D eigenvalue weighted by Gasteiger charge is -2.35. The third kappa shape index (κ3) is 5.77. The van der Waals surface area contributed by atoms with E-state index in [4.69, 9.17) is 4.74 Å². The standard InChI is InChI=1S/C17H31N3O3/c1-3-18-16(21)12-19-8-10-20(11-9-19)17(22)13-23-15-7-5-4-6-14(15)2/h14-15H,3-13H2,1-2H3,(H,18,21)/t14-,15-/m1/s1. The number of likely N-dealkylation sites (N-methyl/N-ethyl adjacent to an activating group) is 1. The molecule has 6 nitrogen and oxygen atoms in total. The Morgan fingerprint density at radius 3 is 2.48 bits per heavy atom. The molecule has 0 radical (unpaired) electrons. The number of rotatable bonds is 6. The quantitative estimate of drug-likeness (QED) is 0.787. The van der Waals surface area contributed by atoms with E-state index in [-0.39, 0.29) is 24.5 Å². The molecule has 6 heteroatoms. The van der Waals surface area contributed by atoms with Crippen LogP contribution in [-0.4, -0.2) is 73.6 Å². The monoisotopic (exact) mass is 325 g/mol. The molecule has 1 aliphatic carbocycles. The molecule has 2 rings (SSSR count). The van der Waals surface area contributed by atoms with Crippen LogP contribution in [0.3, 0.4) is 0 Å². The summed E-state index contributed by atoms with van der Waals surface area (Å²) in [7, 11) is 0. The van der Waals surface area contributed by atoms with Crippen molar-refractivity contribution in [2.75, 3.05) is 45.9 Å². The molecule has 0 bridgehead atoms. The van der Waals surface area contributed by atoms with Crippen LogP contribution in [0.15, 0.2) is 0 Å². The molecule has 1 saturated heterocycles. The Bertz CT molecular complexity index is 395. The molecular weight excluding hydrogens is 294 g/mol. The Morgan fingerprint density at radius 1 is 1.13 bits per heavy atom. The predicted molar refractivity (Wildman–Crippen MR) is 89.1 cm³/mol. The highest BCUT2D eigenvalue weighted by Crippen LogP contribution is 2.26. The maximum Gasteiger partial charge on any atom is 0.248 e. The number of piperazine rings is 1. The second kappa shape index (κ2) is 9.23. The molecule has 2 aliphatic rings. The molecule has 0 unspecified atom stereocenters. The summed E-state index contributed by atoms with van der Waals surface area (Å²) in [6.45, 7) is 8.29. The van der Waals surface area contributed by atoms with Gasteiger partial charge in [0.25, 0.3) is 0 Å². The molecule has 0 aromatic heterocycles. The van der Waals surface area contributed by atoms with Crippen molar-refractivity contribution in [2.45, 2.75) is 45.6 Å². The third-order valence-corrected chi connectivity index (χ3v) is 4.92. The number of nitrogens with one attached hydrogen (secondary N) is 1. The van der Waals surface area contributed by atoms with Gasteiger partial charge in [-0.15, -0.1) is 0 Å². The average Bonchev–Trinajstić information content (AvgIpc) is 2.55. The lowest BCUT2D eigenvalue weighted by atomic mass is 9.88. The molecule has 1 aliphatic heterocycles. The van der Waals surface area contributed by atoms with E-state index in [1.54, 1.807) is 0 Å². The van der Waals surface area contributed by atoms with E-state index in [9.17, 15) is 9.59 Å². The molecule has 23 heavy (non-hydrogen) atoms. The van der Waals surface area contributed by atoms with Crippen LogP contribution in [-0.2, 0) is 14.3 Å². The zero-order valence-electron chi connectivity index (χ0n) is 14.6. The van der Waals surface area contributed by atoms with Crippen LogP contribution >= 0.6 is 0 Å². The fourth-order valence-electron chi connectivity index (χ4n) is 3.41. The molecule has 2 fully saturated rings. The van der Waals surface area contributed by atoms with Crippen LogP contribution < -0.4 is 5.32 Å². The van der Waals surface area contributed by atoms with Gasteiger partial charge in [0.05, 0.1) is 12.6 Å². The van der Waals surface area contributed by atoms with Gasteiger partial charge in [-0.3, -0.25) is 14.5 Å². The zero-order valence-corrected chi connectivity index (χ0v) is 14.6. The highest BCUT2D eigenvalue weighted by atomic mass is 16.5. The highest BCUT2D eigenvalue weighted by Gasteiger charge is 2.26. The van der Waals surface area contributed by atoms with Crippen LogP contribution in [0, 0.1) is 5.92 Å². The molecule has 1 N–H and O–H groups in total. The highest BCUT2D eigenvalue weighted by molar-refractivity contribution is 5.78. The van der Waals surface area contributed by atoms with Crippen molar-refractivity contribution >= 4 is 11.8 Å². The summed E-state index contributed by atoms with van der Waals surface area (Å²) < 4.78 is 5.86. The van der Waals surface area contributed by atoms with Crippen molar-refractivity contribution < 1.29 is 14.3 Å². The van der Waals surface area contributed by atoms with E-state index in [0.717, 1.165) is 19.5 Å². The molecule has 132 valence electrons. The first-order chi connectivity index (χ1) is 11.1. The van der Waals surface area contributed by atoms with Crippen molar-refractivity contribution in [3.63, 3.8) is 0 Å². The van der Waals surface area contributed by atoms with Crippen molar-refractivity contribution in [3.8, 4) is 0 Å². The molecule has 1 saturated carbocycles. The van der Waals surface area contributed by atoms with Gasteiger partial charge in [0.15, 0.2) is 0 Å². The summed E-state index contributed by atoms with van der Waals surface area (Å²) in [5.74, 6) is 0.702. The number of carbonyl (C=O) groups excluding carboxylic acids is 2. The van der Waals surface area contributed by atoms with Crippen LogP contribution in [0.2, 0.25) is 0 Å². The van der Waals surface area contributed by atoms with Gasteiger partial charge in [0.1, 0.15) is 6.61 Å². The average molecular weight is 325 g/mol. The van der Waals surface area contributed by atoms with Gasteiger partial charge in [-0.25, -0.2) is 0 Å². The van der Waals surface area contributed by atoms with Crippen LogP contribution in [0.1, 0.15) is 39.5 Å². The van der Waals surface area contributed by atoms with Crippen LogP contribution in [0.4, 0.5) is 0 Å². The fourth-order valence-corrected chi connectivity index (χ4v) is 3.41. The first kappa shape index (κ1) is 18.2. The van der Waals surface area contributed by atoms with Gasteiger partial charge < -0.3 is 15.0 Å². The van der Waals surface area contributed by atoms with Crippen LogP contribution in [0.25, 0.3) is 0 Å². The fraction of sp³-hybridized carbons (Fsp3) is 0.882. The molecular formula is C17H31N3O3. The van der Waals surface area contributed by atoms with Gasteiger partial charge in [-0.1, -0.05) is 19.8 Å². The van der Waals surface area contributed by atoms with Gasteiger partial charge in [-0.05, 0) is 25.7 Å². The second-order valence-electron chi connectivity index (χ2n) is 6.72. The summed E-state index contributed by atoms with van der Waals surface area (Å²) in [4.78, 5) is 27.8. The lowest BCUT2D eigenvalue weighted by Crippen LogP contribution is -2.52. The second-order valence-corrected chi connectivity index (χ2v) is 6.72. The predicted octanol–water partition coefficient (Wildman–Crippen LogP) is 0.862. The third-order valence-electron chi connectivity index (χ3n) is 4.92. The van der Waals surface area contributed by atoms with Crippen molar-refractivity contribution in [3.05, 3.63) is 0 Å². The van der Waals surface area contributed by atoms with Crippen molar-refractivity contribution in [2.24, 2.45) is 5.92 Å². The minimum absolute atomic E-state index is 0.0573. The minimum atomic E-state index is 0.0573. The molecule has 0 aromatic carbocycles. The maximum atomic E-state index is 12.3. The summed E-state index contributed by atoms with van der Waals surface area (Å²) >= 11 is 0. The molecule has 2 atom stereocenters. The number of nitrogens with zero attached hydrogens (tertiary/aromatic N) is 2. The van der Waals surface area contributed by atoms with E-state index in [2.05, 4.69) is 17.1 Å². The van der Waals surface area contributed by atoms with Crippen molar-refractivity contribution in [1.82, 2.24) is 15.1 Å². The molecule has 1 heterocycles. The number of hydrogen-bond acceptors (Lipinski definition) is 4. The summed E-state index contributed by atoms with van der Waals surface area (Å²) in [6.07, 6.45) is 5.02. The number of ether oxygens (including phenoxy) is 1.